The SMILES string of the molecule is CCCCCCCCC/C=C/C[C@H](CC(=O)OCCCCCCCCCCCCC)C(=O)O. The summed E-state index contributed by atoms with van der Waals surface area (Å²) in [6, 6.07) is 0. The number of rotatable bonds is 25. The molecule has 1 atom stereocenters. The van der Waals surface area contributed by atoms with Crippen molar-refractivity contribution in [1.29, 1.82) is 0 Å². The van der Waals surface area contributed by atoms with Crippen molar-refractivity contribution in [3.63, 3.8) is 0 Å². The number of carboxylic acid groups (broad SMARTS) is 1. The summed E-state index contributed by atoms with van der Waals surface area (Å²) in [6.45, 7) is 4.89. The second-order valence-electron chi connectivity index (χ2n) is 9.61. The van der Waals surface area contributed by atoms with Crippen LogP contribution in [0.4, 0.5) is 0 Å². The van der Waals surface area contributed by atoms with Gasteiger partial charge in [-0.1, -0.05) is 129 Å². The third kappa shape index (κ3) is 23.6. The van der Waals surface area contributed by atoms with Crippen molar-refractivity contribution in [3.8, 4) is 0 Å². The zero-order valence-corrected chi connectivity index (χ0v) is 22.0. The number of hydrogen-bond acceptors (Lipinski definition) is 3. The van der Waals surface area contributed by atoms with Crippen LogP contribution in [0.15, 0.2) is 12.2 Å². The number of carbonyl (C=O) groups is 2. The monoisotopic (exact) mass is 466 g/mol. The minimum atomic E-state index is -0.915. The van der Waals surface area contributed by atoms with E-state index >= 15 is 0 Å². The van der Waals surface area contributed by atoms with Crippen molar-refractivity contribution >= 4 is 11.9 Å². The normalized spacial score (nSPS) is 12.3. The largest absolute Gasteiger partial charge is 0.481 e. The molecule has 0 radical (unpaired) electrons. The van der Waals surface area contributed by atoms with Gasteiger partial charge >= 0.3 is 11.9 Å². The van der Waals surface area contributed by atoms with E-state index in [-0.39, 0.29) is 12.4 Å². The molecule has 33 heavy (non-hydrogen) atoms. The Hall–Kier alpha value is -1.32. The van der Waals surface area contributed by atoms with E-state index in [2.05, 4.69) is 19.9 Å². The van der Waals surface area contributed by atoms with Gasteiger partial charge in [0.25, 0.3) is 0 Å². The Morgan fingerprint density at radius 2 is 1.12 bits per heavy atom. The Labute approximate surface area is 204 Å². The fourth-order valence-corrected chi connectivity index (χ4v) is 4.08. The van der Waals surface area contributed by atoms with E-state index in [1.54, 1.807) is 0 Å². The zero-order chi connectivity index (χ0) is 24.4. The van der Waals surface area contributed by atoms with Gasteiger partial charge in [-0.2, -0.15) is 0 Å². The highest BCUT2D eigenvalue weighted by atomic mass is 16.5. The summed E-state index contributed by atoms with van der Waals surface area (Å²) in [5.74, 6) is -1.97. The molecule has 0 aromatic rings. The number of ether oxygens (including phenoxy) is 1. The van der Waals surface area contributed by atoms with Crippen molar-refractivity contribution in [2.75, 3.05) is 6.61 Å². The van der Waals surface area contributed by atoms with Gasteiger partial charge < -0.3 is 9.84 Å². The van der Waals surface area contributed by atoms with Crippen LogP contribution in [0.25, 0.3) is 0 Å². The molecule has 0 rings (SSSR count). The van der Waals surface area contributed by atoms with Crippen LogP contribution >= 0.6 is 0 Å². The molecule has 4 nitrogen and oxygen atoms in total. The summed E-state index contributed by atoms with van der Waals surface area (Å²) in [5.41, 5.74) is 0. The second-order valence-corrected chi connectivity index (χ2v) is 9.61. The minimum Gasteiger partial charge on any atom is -0.481 e. The molecule has 1 N–H and O–H groups in total. The Kier molecular flexibility index (Phi) is 24.3. The molecule has 0 bridgehead atoms. The maximum absolute atomic E-state index is 12.0. The highest BCUT2D eigenvalue weighted by Gasteiger charge is 2.20. The van der Waals surface area contributed by atoms with Gasteiger partial charge in [-0.25, -0.2) is 0 Å². The first-order valence-corrected chi connectivity index (χ1v) is 14.1. The standard InChI is InChI=1S/C29H54O4/c1-3-5-7-9-11-13-15-17-19-21-23-25-33-28(30)26-27(29(31)32)24-22-20-18-16-14-12-10-8-6-4-2/h20,22,27H,3-19,21,23-26H2,1-2H3,(H,31,32)/b22-20+/t27-/m1/s1. The fourth-order valence-electron chi connectivity index (χ4n) is 4.08. The summed E-state index contributed by atoms with van der Waals surface area (Å²) in [5, 5.41) is 9.40. The fraction of sp³-hybridized carbons (Fsp3) is 0.862. The lowest BCUT2D eigenvalue weighted by Gasteiger charge is -2.10. The van der Waals surface area contributed by atoms with Crippen molar-refractivity contribution in [3.05, 3.63) is 12.2 Å². The van der Waals surface area contributed by atoms with Gasteiger partial charge in [0.15, 0.2) is 0 Å². The maximum atomic E-state index is 12.0. The quantitative estimate of drug-likeness (QED) is 0.0828. The highest BCUT2D eigenvalue weighted by molar-refractivity contribution is 5.78. The van der Waals surface area contributed by atoms with E-state index in [4.69, 9.17) is 4.74 Å². The van der Waals surface area contributed by atoms with Crippen LogP contribution in [0.1, 0.15) is 149 Å². The van der Waals surface area contributed by atoms with Gasteiger partial charge in [0.05, 0.1) is 18.9 Å². The Morgan fingerprint density at radius 3 is 1.61 bits per heavy atom. The van der Waals surface area contributed by atoms with E-state index in [0.717, 1.165) is 25.7 Å². The van der Waals surface area contributed by atoms with Gasteiger partial charge in [-0.3, -0.25) is 9.59 Å². The van der Waals surface area contributed by atoms with Gasteiger partial charge in [0, 0.05) is 0 Å². The lowest BCUT2D eigenvalue weighted by molar-refractivity contribution is -0.151. The molecule has 0 saturated heterocycles. The molecule has 0 aliphatic carbocycles. The number of allylic oxidation sites excluding steroid dienone is 2. The third-order valence-corrected chi connectivity index (χ3v) is 6.33. The van der Waals surface area contributed by atoms with E-state index in [1.807, 2.05) is 6.08 Å². The topological polar surface area (TPSA) is 63.6 Å². The summed E-state index contributed by atoms with van der Waals surface area (Å²) < 4.78 is 5.28. The molecule has 4 heteroatoms. The van der Waals surface area contributed by atoms with Gasteiger partial charge in [-0.15, -0.1) is 0 Å². The first-order valence-electron chi connectivity index (χ1n) is 14.1. The van der Waals surface area contributed by atoms with Crippen LogP contribution in [0, 0.1) is 5.92 Å². The summed E-state index contributed by atoms with van der Waals surface area (Å²) in [7, 11) is 0. The lowest BCUT2D eigenvalue weighted by atomic mass is 10.0. The highest BCUT2D eigenvalue weighted by Crippen LogP contribution is 2.14. The first kappa shape index (κ1) is 31.7. The number of carboxylic acids is 1. The first-order chi connectivity index (χ1) is 16.1. The third-order valence-electron chi connectivity index (χ3n) is 6.33. The van der Waals surface area contributed by atoms with Crippen LogP contribution in [0.3, 0.4) is 0 Å². The Morgan fingerprint density at radius 1 is 0.667 bits per heavy atom. The molecule has 194 valence electrons. The summed E-state index contributed by atoms with van der Waals surface area (Å²) in [6.07, 6.45) is 28.1. The molecule has 0 heterocycles. The van der Waals surface area contributed by atoms with Crippen LogP contribution < -0.4 is 0 Å². The van der Waals surface area contributed by atoms with E-state index in [0.29, 0.717) is 13.0 Å². The van der Waals surface area contributed by atoms with Crippen molar-refractivity contribution in [2.24, 2.45) is 5.92 Å². The second kappa shape index (κ2) is 25.3. The predicted molar refractivity (Wildman–Crippen MR) is 140 cm³/mol. The van der Waals surface area contributed by atoms with Crippen LogP contribution in [0.2, 0.25) is 0 Å². The van der Waals surface area contributed by atoms with E-state index < -0.39 is 11.9 Å². The smallest absolute Gasteiger partial charge is 0.307 e. The molecule has 0 fully saturated rings. The number of aliphatic carboxylic acids is 1. The molecule has 0 aliphatic heterocycles. The molecule has 0 aromatic heterocycles. The van der Waals surface area contributed by atoms with Crippen molar-refractivity contribution in [1.82, 2.24) is 0 Å². The van der Waals surface area contributed by atoms with Crippen LogP contribution in [0.5, 0.6) is 0 Å². The molecule has 0 saturated carbocycles. The van der Waals surface area contributed by atoms with E-state index in [9.17, 15) is 14.7 Å². The summed E-state index contributed by atoms with van der Waals surface area (Å²) >= 11 is 0. The number of carbonyl (C=O) groups excluding carboxylic acids is 1. The average Bonchev–Trinajstić information content (AvgIpc) is 2.80. The lowest BCUT2D eigenvalue weighted by Crippen LogP contribution is -2.19. The number of unbranched alkanes of at least 4 members (excludes halogenated alkanes) is 17. The van der Waals surface area contributed by atoms with Crippen molar-refractivity contribution in [2.45, 2.75) is 149 Å². The van der Waals surface area contributed by atoms with Crippen LogP contribution in [-0.4, -0.2) is 23.7 Å². The maximum Gasteiger partial charge on any atom is 0.307 e. The molecular weight excluding hydrogens is 412 g/mol. The number of esters is 1. The predicted octanol–water partition coefficient (Wildman–Crippen LogP) is 9.02. The molecule has 0 spiro atoms. The molecular formula is C29H54O4. The Bertz CT molecular complexity index is 472. The number of hydrogen-bond donors (Lipinski definition) is 1. The van der Waals surface area contributed by atoms with Gasteiger partial charge in [-0.05, 0) is 25.7 Å². The van der Waals surface area contributed by atoms with Crippen molar-refractivity contribution < 1.29 is 19.4 Å². The molecule has 0 unspecified atom stereocenters. The molecule has 0 aliphatic rings. The Balaban J connectivity index is 3.67. The minimum absolute atomic E-state index is 0.0326. The van der Waals surface area contributed by atoms with Crippen LogP contribution in [-0.2, 0) is 14.3 Å². The average molecular weight is 467 g/mol. The van der Waals surface area contributed by atoms with Gasteiger partial charge in [0.1, 0.15) is 0 Å². The molecule has 0 amide bonds. The van der Waals surface area contributed by atoms with E-state index in [1.165, 1.54) is 96.3 Å². The molecule has 0 aromatic carbocycles. The zero-order valence-electron chi connectivity index (χ0n) is 22.0. The summed E-state index contributed by atoms with van der Waals surface area (Å²) in [4.78, 5) is 23.5. The van der Waals surface area contributed by atoms with Gasteiger partial charge in [0.2, 0.25) is 0 Å².